The Balaban J connectivity index is 1.70. The molecule has 1 amide bonds. The van der Waals surface area contributed by atoms with Crippen molar-refractivity contribution < 1.29 is 18.0 Å². The van der Waals surface area contributed by atoms with E-state index in [-0.39, 0.29) is 11.4 Å². The molecule has 0 spiro atoms. The van der Waals surface area contributed by atoms with Crippen LogP contribution in [0.3, 0.4) is 0 Å². The molecule has 1 aromatic carbocycles. The second-order valence-corrected chi connectivity index (χ2v) is 7.21. The molecule has 1 atom stereocenters. The van der Waals surface area contributed by atoms with Crippen LogP contribution in [0.4, 0.5) is 13.2 Å². The molecule has 0 saturated carbocycles. The number of hydrogen-bond donors (Lipinski definition) is 2. The van der Waals surface area contributed by atoms with Gasteiger partial charge in [-0.05, 0) is 49.7 Å². The summed E-state index contributed by atoms with van der Waals surface area (Å²) in [5, 5.41) is 9.20. The van der Waals surface area contributed by atoms with Gasteiger partial charge in [0.1, 0.15) is 18.2 Å². The first-order valence-corrected chi connectivity index (χ1v) is 9.69. The van der Waals surface area contributed by atoms with Gasteiger partial charge in [-0.2, -0.15) is 18.3 Å². The molecule has 3 heterocycles. The van der Waals surface area contributed by atoms with Gasteiger partial charge in [0.05, 0.1) is 11.1 Å². The number of pyridine rings is 1. The number of benzene rings is 1. The van der Waals surface area contributed by atoms with Gasteiger partial charge in [0.15, 0.2) is 5.82 Å². The normalized spacial score (nSPS) is 12.5. The van der Waals surface area contributed by atoms with Crippen LogP contribution in [0.2, 0.25) is 0 Å². The van der Waals surface area contributed by atoms with Crippen LogP contribution in [0.25, 0.3) is 5.82 Å². The summed E-state index contributed by atoms with van der Waals surface area (Å²) >= 11 is 0. The fourth-order valence-electron chi connectivity index (χ4n) is 3.60. The summed E-state index contributed by atoms with van der Waals surface area (Å²) in [6.45, 7) is 3.63. The third kappa shape index (κ3) is 4.11. The molecule has 0 bridgehead atoms. The van der Waals surface area contributed by atoms with Crippen molar-refractivity contribution in [1.82, 2.24) is 30.0 Å². The van der Waals surface area contributed by atoms with Gasteiger partial charge in [-0.15, -0.1) is 0 Å². The molecule has 0 saturated heterocycles. The maximum atomic E-state index is 13.2. The van der Waals surface area contributed by atoms with Crippen LogP contribution >= 0.6 is 0 Å². The Hall–Kier alpha value is -3.95. The smallest absolute Gasteiger partial charge is 0.338 e. The van der Waals surface area contributed by atoms with Gasteiger partial charge in [-0.25, -0.2) is 9.97 Å². The first-order valence-electron chi connectivity index (χ1n) is 9.69. The van der Waals surface area contributed by atoms with E-state index in [1.807, 2.05) is 23.6 Å². The number of alkyl halides is 3. The van der Waals surface area contributed by atoms with Crippen molar-refractivity contribution in [3.63, 3.8) is 0 Å². The molecule has 164 valence electrons. The Kier molecular flexibility index (Phi) is 5.52. The summed E-state index contributed by atoms with van der Waals surface area (Å²) in [6.07, 6.45) is -1.63. The number of nitrogens with zero attached hydrogens (tertiary/aromatic N) is 4. The molecule has 10 heteroatoms. The lowest BCUT2D eigenvalue weighted by Crippen LogP contribution is -2.30. The minimum atomic E-state index is -4.51. The fraction of sp³-hybridized carbons (Fsp3) is 0.182. The van der Waals surface area contributed by atoms with Crippen LogP contribution in [0.5, 0.6) is 0 Å². The van der Waals surface area contributed by atoms with E-state index < -0.39 is 23.7 Å². The van der Waals surface area contributed by atoms with Crippen LogP contribution in [-0.4, -0.2) is 30.6 Å². The van der Waals surface area contributed by atoms with Gasteiger partial charge < -0.3 is 9.88 Å². The van der Waals surface area contributed by atoms with Crippen molar-refractivity contribution in [3.8, 4) is 5.82 Å². The third-order valence-electron chi connectivity index (χ3n) is 5.08. The summed E-state index contributed by atoms with van der Waals surface area (Å²) in [5.41, 5.74) is 1.23. The van der Waals surface area contributed by atoms with Gasteiger partial charge in [0.25, 0.3) is 5.91 Å². The number of rotatable bonds is 5. The zero-order valence-corrected chi connectivity index (χ0v) is 17.2. The van der Waals surface area contributed by atoms with E-state index in [9.17, 15) is 18.0 Å². The highest BCUT2D eigenvalue weighted by Gasteiger charge is 2.32. The molecule has 1 unspecified atom stereocenters. The number of aromatic nitrogens is 5. The summed E-state index contributed by atoms with van der Waals surface area (Å²) in [4.78, 5) is 21.6. The van der Waals surface area contributed by atoms with Crippen LogP contribution in [0.1, 0.15) is 44.7 Å². The molecule has 32 heavy (non-hydrogen) atoms. The lowest BCUT2D eigenvalue weighted by Gasteiger charge is -2.18. The highest BCUT2D eigenvalue weighted by Crippen LogP contribution is 2.32. The predicted octanol–water partition coefficient (Wildman–Crippen LogP) is 4.15. The number of hydrogen-bond acceptors (Lipinski definition) is 4. The minimum absolute atomic E-state index is 0.219. The predicted molar refractivity (Wildman–Crippen MR) is 110 cm³/mol. The number of nitrogens with one attached hydrogen (secondary N) is 2. The van der Waals surface area contributed by atoms with Crippen molar-refractivity contribution in [2.75, 3.05) is 0 Å². The fourth-order valence-corrected chi connectivity index (χ4v) is 3.60. The van der Waals surface area contributed by atoms with Crippen molar-refractivity contribution in [1.29, 1.82) is 0 Å². The first-order chi connectivity index (χ1) is 15.3. The number of amides is 1. The van der Waals surface area contributed by atoms with E-state index in [1.165, 1.54) is 18.5 Å². The van der Waals surface area contributed by atoms with Crippen molar-refractivity contribution >= 4 is 5.91 Å². The third-order valence-corrected chi connectivity index (χ3v) is 5.08. The van der Waals surface area contributed by atoms with Gasteiger partial charge in [-0.3, -0.25) is 9.89 Å². The second-order valence-electron chi connectivity index (χ2n) is 7.21. The maximum absolute atomic E-state index is 13.2. The molecule has 0 aliphatic heterocycles. The average molecular weight is 440 g/mol. The number of carbonyl (C=O) groups is 1. The molecular formula is C22H19F3N6O. The molecule has 4 rings (SSSR count). The maximum Gasteiger partial charge on any atom is 0.416 e. The van der Waals surface area contributed by atoms with Gasteiger partial charge in [0.2, 0.25) is 0 Å². The Bertz CT molecular complexity index is 1230. The molecule has 0 radical (unpaired) electrons. The Morgan fingerprint density at radius 2 is 1.91 bits per heavy atom. The molecule has 3 aromatic heterocycles. The van der Waals surface area contributed by atoms with E-state index in [1.54, 1.807) is 25.3 Å². The van der Waals surface area contributed by atoms with Crippen LogP contribution in [-0.2, 0) is 6.18 Å². The lowest BCUT2D eigenvalue weighted by molar-refractivity contribution is -0.137. The van der Waals surface area contributed by atoms with E-state index in [4.69, 9.17) is 0 Å². The van der Waals surface area contributed by atoms with E-state index >= 15 is 0 Å². The number of H-pyrrole nitrogens is 1. The summed E-state index contributed by atoms with van der Waals surface area (Å²) in [7, 11) is 0. The molecule has 4 aromatic rings. The summed E-state index contributed by atoms with van der Waals surface area (Å²) in [5.74, 6) is 0.418. The monoisotopic (exact) mass is 440 g/mol. The Labute approximate surface area is 181 Å². The highest BCUT2D eigenvalue weighted by molar-refractivity contribution is 5.96. The molecule has 0 aliphatic carbocycles. The van der Waals surface area contributed by atoms with E-state index in [0.717, 1.165) is 17.8 Å². The zero-order valence-electron chi connectivity index (χ0n) is 17.2. The van der Waals surface area contributed by atoms with Crippen LogP contribution < -0.4 is 5.32 Å². The molecule has 0 aliphatic rings. The van der Waals surface area contributed by atoms with Gasteiger partial charge >= 0.3 is 6.18 Å². The average Bonchev–Trinajstić information content (AvgIpc) is 3.40. The highest BCUT2D eigenvalue weighted by atomic mass is 19.4. The summed E-state index contributed by atoms with van der Waals surface area (Å²) in [6, 6.07) is 11.0. The lowest BCUT2D eigenvalue weighted by atomic mass is 10.0. The van der Waals surface area contributed by atoms with Gasteiger partial charge in [0, 0.05) is 17.6 Å². The minimum Gasteiger partial charge on any atom is -0.338 e. The topological polar surface area (TPSA) is 88.5 Å². The van der Waals surface area contributed by atoms with Crippen molar-refractivity contribution in [3.05, 3.63) is 95.0 Å². The van der Waals surface area contributed by atoms with E-state index in [2.05, 4.69) is 25.5 Å². The van der Waals surface area contributed by atoms with Crippen molar-refractivity contribution in [2.45, 2.75) is 26.1 Å². The largest absolute Gasteiger partial charge is 0.416 e. The SMILES string of the molecule is Cc1cc(C(=O)NC(c2cccc(C(F)(F)F)c2)c2ncn[nH]2)c(C)n1-c1ccccn1. The van der Waals surface area contributed by atoms with Crippen LogP contribution in [0, 0.1) is 13.8 Å². The molecule has 0 fully saturated rings. The molecule has 7 nitrogen and oxygen atoms in total. The molecular weight excluding hydrogens is 421 g/mol. The first kappa shape index (κ1) is 21.3. The zero-order chi connectivity index (χ0) is 22.9. The second kappa shape index (κ2) is 8.29. The van der Waals surface area contributed by atoms with Gasteiger partial charge in [-0.1, -0.05) is 18.2 Å². The quantitative estimate of drug-likeness (QED) is 0.488. The molecule has 2 N–H and O–H groups in total. The number of aromatic amines is 1. The number of halogens is 3. The summed E-state index contributed by atoms with van der Waals surface area (Å²) < 4.78 is 41.5. The number of carbonyl (C=O) groups excluding carboxylic acids is 1. The Morgan fingerprint density at radius 1 is 1.09 bits per heavy atom. The number of aryl methyl sites for hydroxylation is 1. The Morgan fingerprint density at radius 3 is 2.56 bits per heavy atom. The van der Waals surface area contributed by atoms with Crippen molar-refractivity contribution in [2.24, 2.45) is 0 Å². The standard InChI is InChI=1S/C22H19F3N6O/c1-13-10-17(14(2)31(13)18-8-3-4-9-26-18)21(32)29-19(20-27-12-28-30-20)15-6-5-7-16(11-15)22(23,24)25/h3-12,19H,1-2H3,(H,29,32)(H,27,28,30). The van der Waals surface area contributed by atoms with E-state index in [0.29, 0.717) is 17.1 Å². The van der Waals surface area contributed by atoms with Crippen LogP contribution in [0.15, 0.2) is 61.1 Å².